The second-order valence-electron chi connectivity index (χ2n) is 4.74. The van der Waals surface area contributed by atoms with E-state index in [0.717, 1.165) is 32.1 Å². The maximum atomic E-state index is 11.8. The molecule has 74 valence electrons. The Balaban J connectivity index is 2.27. The average Bonchev–Trinajstić information content (AvgIpc) is 2.10. The van der Waals surface area contributed by atoms with Crippen LogP contribution in [-0.4, -0.2) is 17.0 Å². The molecule has 0 spiro atoms. The number of carbonyl (C=O) groups is 1. The highest BCUT2D eigenvalue weighted by molar-refractivity contribution is 5.86. The Labute approximate surface area is 79.3 Å². The summed E-state index contributed by atoms with van der Waals surface area (Å²) >= 11 is 0. The third kappa shape index (κ3) is 1.23. The molecule has 0 radical (unpaired) electrons. The zero-order valence-corrected chi connectivity index (χ0v) is 8.25. The maximum Gasteiger partial charge on any atom is 0.141 e. The van der Waals surface area contributed by atoms with E-state index in [1.54, 1.807) is 0 Å². The Morgan fingerprint density at radius 3 is 2.69 bits per heavy atom. The molecule has 2 aliphatic carbocycles. The zero-order chi connectivity index (χ0) is 9.47. The fourth-order valence-corrected chi connectivity index (χ4v) is 3.07. The Hall–Kier alpha value is -0.370. The maximum absolute atomic E-state index is 11.8. The molecule has 1 N–H and O–H groups in total. The highest BCUT2D eigenvalue weighted by Crippen LogP contribution is 2.47. The first-order valence-corrected chi connectivity index (χ1v) is 5.37. The number of hydrogen-bond acceptors (Lipinski definition) is 2. The molecule has 0 aliphatic heterocycles. The first-order valence-electron chi connectivity index (χ1n) is 5.37. The van der Waals surface area contributed by atoms with Crippen LogP contribution in [0.5, 0.6) is 0 Å². The number of aliphatic hydroxyl groups excluding tert-OH is 1. The van der Waals surface area contributed by atoms with Crippen LogP contribution in [0.2, 0.25) is 0 Å². The fraction of sp³-hybridized carbons (Fsp3) is 0.909. The monoisotopic (exact) mass is 182 g/mol. The lowest BCUT2D eigenvalue weighted by Crippen LogP contribution is -2.50. The van der Waals surface area contributed by atoms with Crippen molar-refractivity contribution in [3.05, 3.63) is 0 Å². The molecular formula is C11H18O2. The van der Waals surface area contributed by atoms with Gasteiger partial charge in [0.1, 0.15) is 5.78 Å². The quantitative estimate of drug-likeness (QED) is 0.621. The topological polar surface area (TPSA) is 37.3 Å². The first-order chi connectivity index (χ1) is 6.15. The van der Waals surface area contributed by atoms with Gasteiger partial charge in [0, 0.05) is 6.42 Å². The van der Waals surface area contributed by atoms with E-state index in [-0.39, 0.29) is 6.10 Å². The molecule has 2 fully saturated rings. The first kappa shape index (κ1) is 9.20. The van der Waals surface area contributed by atoms with Crippen LogP contribution in [-0.2, 0) is 4.79 Å². The van der Waals surface area contributed by atoms with Crippen molar-refractivity contribution < 1.29 is 9.90 Å². The number of Topliss-reactive ketones (excluding diaryl/α,β-unsaturated/α-hetero) is 1. The van der Waals surface area contributed by atoms with Gasteiger partial charge in [-0.2, -0.15) is 0 Å². The van der Waals surface area contributed by atoms with Crippen molar-refractivity contribution in [3.63, 3.8) is 0 Å². The van der Waals surface area contributed by atoms with Crippen molar-refractivity contribution in [2.24, 2.45) is 11.3 Å². The van der Waals surface area contributed by atoms with Gasteiger partial charge in [0.15, 0.2) is 0 Å². The van der Waals surface area contributed by atoms with Crippen LogP contribution in [0.1, 0.15) is 45.4 Å². The van der Waals surface area contributed by atoms with E-state index in [0.29, 0.717) is 18.1 Å². The fourth-order valence-electron chi connectivity index (χ4n) is 3.07. The molecule has 0 aromatic rings. The summed E-state index contributed by atoms with van der Waals surface area (Å²) in [5.74, 6) is 0.758. The van der Waals surface area contributed by atoms with E-state index >= 15 is 0 Å². The summed E-state index contributed by atoms with van der Waals surface area (Å²) in [4.78, 5) is 11.8. The van der Waals surface area contributed by atoms with E-state index in [1.165, 1.54) is 0 Å². The minimum Gasteiger partial charge on any atom is -0.392 e. The Morgan fingerprint density at radius 2 is 2.00 bits per heavy atom. The van der Waals surface area contributed by atoms with Crippen LogP contribution in [0.15, 0.2) is 0 Å². The summed E-state index contributed by atoms with van der Waals surface area (Å²) in [5, 5.41) is 9.91. The van der Waals surface area contributed by atoms with Gasteiger partial charge in [-0.15, -0.1) is 0 Å². The Kier molecular flexibility index (Phi) is 2.18. The van der Waals surface area contributed by atoms with Gasteiger partial charge in [0.05, 0.1) is 11.5 Å². The molecule has 2 heteroatoms. The molecule has 0 heterocycles. The predicted octanol–water partition coefficient (Wildman–Crippen LogP) is 1.91. The molecule has 2 aliphatic rings. The van der Waals surface area contributed by atoms with Gasteiger partial charge >= 0.3 is 0 Å². The molecule has 0 unspecified atom stereocenters. The summed E-state index contributed by atoms with van der Waals surface area (Å²) in [6.45, 7) is 1.98. The lowest BCUT2D eigenvalue weighted by molar-refractivity contribution is -0.148. The van der Waals surface area contributed by atoms with Crippen LogP contribution in [0, 0.1) is 11.3 Å². The molecule has 3 atom stereocenters. The van der Waals surface area contributed by atoms with Crippen LogP contribution in [0.3, 0.4) is 0 Å². The molecule has 2 nitrogen and oxygen atoms in total. The smallest absolute Gasteiger partial charge is 0.141 e. The lowest BCUT2D eigenvalue weighted by Gasteiger charge is -2.46. The summed E-state index contributed by atoms with van der Waals surface area (Å²) in [7, 11) is 0. The number of ketones is 1. The molecule has 0 aromatic heterocycles. The number of aliphatic hydroxyl groups is 1. The lowest BCUT2D eigenvalue weighted by atomic mass is 9.58. The number of carbonyl (C=O) groups excluding carboxylic acids is 1. The summed E-state index contributed by atoms with van der Waals surface area (Å²) in [6, 6.07) is 0. The van der Waals surface area contributed by atoms with E-state index in [4.69, 9.17) is 0 Å². The predicted molar refractivity (Wildman–Crippen MR) is 50.3 cm³/mol. The van der Waals surface area contributed by atoms with Gasteiger partial charge < -0.3 is 5.11 Å². The van der Waals surface area contributed by atoms with Crippen molar-refractivity contribution in [2.45, 2.75) is 51.6 Å². The second kappa shape index (κ2) is 3.09. The highest BCUT2D eigenvalue weighted by atomic mass is 16.3. The normalized spacial score (nSPS) is 45.8. The molecule has 13 heavy (non-hydrogen) atoms. The zero-order valence-electron chi connectivity index (χ0n) is 8.25. The highest BCUT2D eigenvalue weighted by Gasteiger charge is 2.49. The molecule has 0 bridgehead atoms. The van der Waals surface area contributed by atoms with E-state index < -0.39 is 5.41 Å². The van der Waals surface area contributed by atoms with Crippen LogP contribution >= 0.6 is 0 Å². The molecule has 0 saturated heterocycles. The van der Waals surface area contributed by atoms with Crippen molar-refractivity contribution in [1.82, 2.24) is 0 Å². The van der Waals surface area contributed by atoms with Crippen LogP contribution in [0.25, 0.3) is 0 Å². The van der Waals surface area contributed by atoms with Crippen molar-refractivity contribution in [3.8, 4) is 0 Å². The summed E-state index contributed by atoms with van der Waals surface area (Å²) in [6.07, 6.45) is 5.53. The summed E-state index contributed by atoms with van der Waals surface area (Å²) in [5.41, 5.74) is -0.392. The number of fused-ring (bicyclic) bond motifs is 1. The van der Waals surface area contributed by atoms with Gasteiger partial charge in [0.2, 0.25) is 0 Å². The van der Waals surface area contributed by atoms with E-state index in [9.17, 15) is 9.90 Å². The third-order valence-corrected chi connectivity index (χ3v) is 4.13. The molecule has 2 saturated carbocycles. The van der Waals surface area contributed by atoms with Crippen molar-refractivity contribution in [2.75, 3.05) is 0 Å². The van der Waals surface area contributed by atoms with Gasteiger partial charge in [-0.05, 0) is 38.5 Å². The summed E-state index contributed by atoms with van der Waals surface area (Å²) < 4.78 is 0. The SMILES string of the molecule is C[C@]12C(=O)CCC[C@H]1CCC[C@@H]2O. The van der Waals surface area contributed by atoms with Gasteiger partial charge in [-0.3, -0.25) is 4.79 Å². The van der Waals surface area contributed by atoms with Crippen molar-refractivity contribution >= 4 is 5.78 Å². The van der Waals surface area contributed by atoms with Gasteiger partial charge in [-0.1, -0.05) is 6.42 Å². The molecule has 2 rings (SSSR count). The average molecular weight is 182 g/mol. The molecule has 0 aromatic carbocycles. The minimum atomic E-state index is -0.392. The molecule has 0 amide bonds. The largest absolute Gasteiger partial charge is 0.392 e. The second-order valence-corrected chi connectivity index (χ2v) is 4.74. The number of rotatable bonds is 0. The number of hydrogen-bond donors (Lipinski definition) is 1. The van der Waals surface area contributed by atoms with Crippen molar-refractivity contribution in [1.29, 1.82) is 0 Å². The Bertz CT molecular complexity index is 222. The van der Waals surface area contributed by atoms with Crippen LogP contribution in [0.4, 0.5) is 0 Å². The van der Waals surface area contributed by atoms with E-state index in [1.807, 2.05) is 6.92 Å². The van der Waals surface area contributed by atoms with Crippen LogP contribution < -0.4 is 0 Å². The van der Waals surface area contributed by atoms with Gasteiger partial charge in [0.25, 0.3) is 0 Å². The Morgan fingerprint density at radius 1 is 1.31 bits per heavy atom. The van der Waals surface area contributed by atoms with E-state index in [2.05, 4.69) is 0 Å². The third-order valence-electron chi connectivity index (χ3n) is 4.13. The minimum absolute atomic E-state index is 0.302. The molecular weight excluding hydrogens is 164 g/mol. The van der Waals surface area contributed by atoms with Gasteiger partial charge in [-0.25, -0.2) is 0 Å². The standard InChI is InChI=1S/C11H18O2/c1-11-8(4-2-6-9(11)12)5-3-7-10(11)13/h8-9,12H,2-7H2,1H3/t8-,9+,11+/m1/s1.